The summed E-state index contributed by atoms with van der Waals surface area (Å²) in [5.41, 5.74) is 6.17. The fourth-order valence-electron chi connectivity index (χ4n) is 3.47. The number of benzene rings is 2. The molecule has 0 saturated carbocycles. The Morgan fingerprint density at radius 1 is 0.833 bits per heavy atom. The Labute approximate surface area is 108 Å². The van der Waals surface area contributed by atoms with E-state index >= 15 is 0 Å². The SMILES string of the molecule is c1ccc2c(c1)CC1c3ccccc3CC[N+]1C2. The molecule has 0 bridgehead atoms. The van der Waals surface area contributed by atoms with Crippen LogP contribution in [0.3, 0.4) is 0 Å². The Morgan fingerprint density at radius 3 is 2.44 bits per heavy atom. The van der Waals surface area contributed by atoms with Crippen molar-refractivity contribution in [2.75, 3.05) is 6.54 Å². The minimum absolute atomic E-state index is 0.602. The average molecular weight is 235 g/mol. The van der Waals surface area contributed by atoms with Crippen LogP contribution < -0.4 is 4.90 Å². The molecular formula is C17H17N+. The van der Waals surface area contributed by atoms with E-state index in [2.05, 4.69) is 53.4 Å². The second kappa shape index (κ2) is 3.96. The standard InChI is InChI=1S/C17H17N/c1-2-7-15-12-18-10-9-13-5-3-4-8-16(13)17(18)11-14(15)6-1/h1-8,17H,9-12H2/q+1. The van der Waals surface area contributed by atoms with Gasteiger partial charge in [-0.15, -0.1) is 0 Å². The molecule has 18 heavy (non-hydrogen) atoms. The summed E-state index contributed by atoms with van der Waals surface area (Å²) in [5.74, 6) is 0. The van der Waals surface area contributed by atoms with Gasteiger partial charge < -0.3 is 0 Å². The van der Waals surface area contributed by atoms with Gasteiger partial charge in [0.15, 0.2) is 6.04 Å². The van der Waals surface area contributed by atoms with Gasteiger partial charge in [-0.3, -0.25) is 0 Å². The predicted molar refractivity (Wildman–Crippen MR) is 73.7 cm³/mol. The third-order valence-electron chi connectivity index (χ3n) is 4.43. The van der Waals surface area contributed by atoms with E-state index in [1.807, 2.05) is 0 Å². The molecule has 89 valence electrons. The molecule has 0 aromatic heterocycles. The molecule has 2 heterocycles. The van der Waals surface area contributed by atoms with Crippen molar-refractivity contribution in [1.82, 2.24) is 4.90 Å². The molecule has 1 heteroatoms. The molecule has 0 spiro atoms. The summed E-state index contributed by atoms with van der Waals surface area (Å²) in [6.45, 7) is 2.32. The Kier molecular flexibility index (Phi) is 2.27. The van der Waals surface area contributed by atoms with Gasteiger partial charge in [0, 0.05) is 24.0 Å². The highest BCUT2D eigenvalue weighted by Crippen LogP contribution is 2.35. The monoisotopic (exact) mass is 235 g/mol. The molecular weight excluding hydrogens is 218 g/mol. The molecule has 0 amide bonds. The molecule has 0 aliphatic carbocycles. The second-order valence-corrected chi connectivity index (χ2v) is 5.41. The van der Waals surface area contributed by atoms with Gasteiger partial charge in [-0.1, -0.05) is 48.5 Å². The van der Waals surface area contributed by atoms with Crippen LogP contribution in [0.4, 0.5) is 0 Å². The van der Waals surface area contributed by atoms with Gasteiger partial charge >= 0.3 is 0 Å². The van der Waals surface area contributed by atoms with Crippen LogP contribution in [0, 0.1) is 0 Å². The lowest BCUT2D eigenvalue weighted by atomic mass is 9.84. The first kappa shape index (κ1) is 10.3. The Bertz CT molecular complexity index is 588. The molecule has 0 fully saturated rings. The van der Waals surface area contributed by atoms with Crippen LogP contribution >= 0.6 is 0 Å². The molecule has 1 nitrogen and oxygen atoms in total. The molecule has 1 unspecified atom stereocenters. The maximum atomic E-state index is 2.64. The quantitative estimate of drug-likeness (QED) is 0.619. The van der Waals surface area contributed by atoms with E-state index in [9.17, 15) is 0 Å². The number of hydrogen-bond donors (Lipinski definition) is 0. The summed E-state index contributed by atoms with van der Waals surface area (Å²) < 4.78 is 0. The smallest absolute Gasteiger partial charge is 0.158 e. The number of fused-ring (bicyclic) bond motifs is 4. The normalized spacial score (nSPS) is 21.9. The zero-order valence-electron chi connectivity index (χ0n) is 10.5. The number of hydrogen-bond acceptors (Lipinski definition) is 1. The lowest BCUT2D eigenvalue weighted by Crippen LogP contribution is -2.43. The van der Waals surface area contributed by atoms with E-state index in [1.54, 1.807) is 11.1 Å². The molecule has 0 N–H and O–H groups in total. The lowest BCUT2D eigenvalue weighted by molar-refractivity contribution is 0.278. The molecule has 1 atom stereocenters. The fourth-order valence-corrected chi connectivity index (χ4v) is 3.47. The first-order valence-electron chi connectivity index (χ1n) is 6.80. The Morgan fingerprint density at radius 2 is 1.56 bits per heavy atom. The molecule has 2 aliphatic heterocycles. The van der Waals surface area contributed by atoms with Gasteiger partial charge in [0.1, 0.15) is 13.1 Å². The molecule has 1 radical (unpaired) electrons. The first-order valence-corrected chi connectivity index (χ1v) is 6.80. The van der Waals surface area contributed by atoms with E-state index in [-0.39, 0.29) is 0 Å². The zero-order valence-corrected chi connectivity index (χ0v) is 10.5. The zero-order chi connectivity index (χ0) is 11.9. The highest BCUT2D eigenvalue weighted by atomic mass is 15.2. The minimum atomic E-state index is 0.602. The van der Waals surface area contributed by atoms with Gasteiger partial charge in [-0.25, -0.2) is 0 Å². The largest absolute Gasteiger partial charge is 0.162 e. The maximum absolute atomic E-state index is 2.64. The van der Waals surface area contributed by atoms with Gasteiger partial charge in [-0.05, 0) is 11.1 Å². The van der Waals surface area contributed by atoms with E-state index in [0.717, 1.165) is 6.54 Å². The van der Waals surface area contributed by atoms with Crippen LogP contribution in [0.15, 0.2) is 48.5 Å². The second-order valence-electron chi connectivity index (χ2n) is 5.41. The van der Waals surface area contributed by atoms with Crippen molar-refractivity contribution >= 4 is 0 Å². The molecule has 2 aromatic carbocycles. The Balaban J connectivity index is 1.79. The van der Waals surface area contributed by atoms with Gasteiger partial charge in [-0.2, -0.15) is 4.90 Å². The number of rotatable bonds is 0. The van der Waals surface area contributed by atoms with Crippen molar-refractivity contribution in [2.24, 2.45) is 0 Å². The topological polar surface area (TPSA) is 5.90 Å². The van der Waals surface area contributed by atoms with E-state index in [4.69, 9.17) is 0 Å². The van der Waals surface area contributed by atoms with Crippen LogP contribution in [0.1, 0.15) is 28.3 Å². The first-order chi connectivity index (χ1) is 8.92. The maximum Gasteiger partial charge on any atom is 0.162 e. The highest BCUT2D eigenvalue weighted by Gasteiger charge is 2.39. The van der Waals surface area contributed by atoms with Crippen molar-refractivity contribution in [3.63, 3.8) is 0 Å². The summed E-state index contributed by atoms with van der Waals surface area (Å²) in [5, 5.41) is 0. The third-order valence-corrected chi connectivity index (χ3v) is 4.43. The van der Waals surface area contributed by atoms with Gasteiger partial charge in [0.05, 0.1) is 0 Å². The Hall–Kier alpha value is -1.60. The predicted octanol–water partition coefficient (Wildman–Crippen LogP) is 3.18. The van der Waals surface area contributed by atoms with Crippen LogP contribution in [-0.4, -0.2) is 6.54 Å². The van der Waals surface area contributed by atoms with E-state index < -0.39 is 0 Å². The van der Waals surface area contributed by atoms with Gasteiger partial charge in [0.25, 0.3) is 0 Å². The minimum Gasteiger partial charge on any atom is -0.158 e. The summed E-state index contributed by atoms with van der Waals surface area (Å²) in [4.78, 5) is 2.64. The summed E-state index contributed by atoms with van der Waals surface area (Å²) in [6, 6.07) is 18.5. The van der Waals surface area contributed by atoms with Gasteiger partial charge in [0.2, 0.25) is 0 Å². The van der Waals surface area contributed by atoms with E-state index in [0.29, 0.717) is 6.04 Å². The summed E-state index contributed by atoms with van der Waals surface area (Å²) in [7, 11) is 0. The third kappa shape index (κ3) is 1.51. The van der Waals surface area contributed by atoms with Crippen molar-refractivity contribution in [3.05, 3.63) is 70.8 Å². The molecule has 0 saturated heterocycles. The average Bonchev–Trinajstić information content (AvgIpc) is 2.45. The van der Waals surface area contributed by atoms with Crippen molar-refractivity contribution in [1.29, 1.82) is 0 Å². The number of nitrogens with zero attached hydrogens (tertiary/aromatic N) is 1. The molecule has 4 rings (SSSR count). The highest BCUT2D eigenvalue weighted by molar-refractivity contribution is 5.39. The van der Waals surface area contributed by atoms with E-state index in [1.165, 1.54) is 30.5 Å². The lowest BCUT2D eigenvalue weighted by Gasteiger charge is -2.33. The van der Waals surface area contributed by atoms with Crippen molar-refractivity contribution in [2.45, 2.75) is 25.4 Å². The van der Waals surface area contributed by atoms with Crippen molar-refractivity contribution in [3.8, 4) is 0 Å². The molecule has 2 aromatic rings. The van der Waals surface area contributed by atoms with Crippen LogP contribution in [-0.2, 0) is 19.4 Å². The molecule has 2 aliphatic rings. The van der Waals surface area contributed by atoms with Crippen LogP contribution in [0.5, 0.6) is 0 Å². The summed E-state index contributed by atoms with van der Waals surface area (Å²) in [6.07, 6.45) is 2.38. The van der Waals surface area contributed by atoms with Crippen LogP contribution in [0.25, 0.3) is 0 Å². The summed E-state index contributed by atoms with van der Waals surface area (Å²) >= 11 is 0. The van der Waals surface area contributed by atoms with Crippen LogP contribution in [0.2, 0.25) is 0 Å². The fraction of sp³-hybridized carbons (Fsp3) is 0.294. The van der Waals surface area contributed by atoms with Crippen molar-refractivity contribution < 1.29 is 0 Å².